The number of para-hydroxylation sites is 1. The van der Waals surface area contributed by atoms with Gasteiger partial charge in [-0.25, -0.2) is 9.99 Å². The second kappa shape index (κ2) is 5.90. The third kappa shape index (κ3) is 3.49. The first-order valence-corrected chi connectivity index (χ1v) is 6.36. The number of ether oxygens (including phenoxy) is 1. The highest BCUT2D eigenvalue weighted by Crippen LogP contribution is 2.21. The number of nitrogens with zero attached hydrogens (tertiary/aromatic N) is 2. The number of thiazole rings is 1. The fourth-order valence-corrected chi connectivity index (χ4v) is 2.40. The van der Waals surface area contributed by atoms with Crippen molar-refractivity contribution >= 4 is 27.5 Å². The molecule has 0 fully saturated rings. The number of amides is 1. The molecule has 1 aromatic heterocycles. The number of carbonyl (C=O) groups excluding carboxylic acids is 1. The van der Waals surface area contributed by atoms with Crippen LogP contribution in [0.5, 0.6) is 0 Å². The molecule has 0 radical (unpaired) electrons. The summed E-state index contributed by atoms with van der Waals surface area (Å²) in [5, 5.41) is 2.47. The highest BCUT2D eigenvalue weighted by molar-refractivity contribution is 7.18. The fourth-order valence-electron chi connectivity index (χ4n) is 1.49. The first-order chi connectivity index (χ1) is 8.65. The van der Waals surface area contributed by atoms with E-state index >= 15 is 0 Å². The number of benzene rings is 1. The van der Waals surface area contributed by atoms with Crippen LogP contribution in [0.2, 0.25) is 0 Å². The number of nitrogens with one attached hydrogen (secondary N) is 1. The van der Waals surface area contributed by atoms with Gasteiger partial charge in [-0.15, -0.1) is 11.3 Å². The molecule has 6 heteroatoms. The summed E-state index contributed by atoms with van der Waals surface area (Å²) >= 11 is 1.58. The van der Waals surface area contributed by atoms with E-state index in [1.807, 2.05) is 24.3 Å². The van der Waals surface area contributed by atoms with Gasteiger partial charge in [0.2, 0.25) is 0 Å². The van der Waals surface area contributed by atoms with Crippen molar-refractivity contribution in [1.82, 2.24) is 15.4 Å². The molecule has 0 atom stereocenters. The molecular weight excluding hydrogens is 250 g/mol. The molecule has 0 aliphatic carbocycles. The highest BCUT2D eigenvalue weighted by Gasteiger charge is 2.05. The Labute approximate surface area is 109 Å². The van der Waals surface area contributed by atoms with E-state index < -0.39 is 0 Å². The summed E-state index contributed by atoms with van der Waals surface area (Å²) in [6.45, 7) is 0.397. The number of fused-ring (bicyclic) bond motifs is 1. The smallest absolute Gasteiger partial charge is 0.260 e. The second-order valence-corrected chi connectivity index (χ2v) is 5.11. The number of hydrogen-bond donors (Lipinski definition) is 1. The van der Waals surface area contributed by atoms with Crippen LogP contribution in [-0.4, -0.2) is 36.6 Å². The first-order valence-electron chi connectivity index (χ1n) is 5.54. The quantitative estimate of drug-likeness (QED) is 0.830. The zero-order valence-electron chi connectivity index (χ0n) is 10.3. The van der Waals surface area contributed by atoms with E-state index in [1.165, 1.54) is 0 Å². The molecule has 18 heavy (non-hydrogen) atoms. The molecule has 0 aliphatic rings. The molecule has 2 aromatic rings. The van der Waals surface area contributed by atoms with Gasteiger partial charge in [-0.2, -0.15) is 0 Å². The zero-order valence-corrected chi connectivity index (χ0v) is 11.2. The number of carbonyl (C=O) groups is 1. The molecule has 1 N–H and O–H groups in total. The van der Waals surface area contributed by atoms with Crippen LogP contribution in [0.1, 0.15) is 5.01 Å². The van der Waals surface area contributed by atoms with E-state index in [1.54, 1.807) is 30.4 Å². The second-order valence-electron chi connectivity index (χ2n) is 4.00. The number of hydrogen-bond acceptors (Lipinski definition) is 5. The van der Waals surface area contributed by atoms with Crippen molar-refractivity contribution in [2.45, 2.75) is 6.61 Å². The largest absolute Gasteiger partial charge is 0.364 e. The van der Waals surface area contributed by atoms with Crippen LogP contribution < -0.4 is 5.43 Å². The molecule has 2 rings (SSSR count). The Morgan fingerprint density at radius 2 is 2.22 bits per heavy atom. The van der Waals surface area contributed by atoms with Gasteiger partial charge < -0.3 is 4.74 Å². The molecule has 1 amide bonds. The van der Waals surface area contributed by atoms with Crippen LogP contribution in [0.3, 0.4) is 0 Å². The van der Waals surface area contributed by atoms with Gasteiger partial charge in [-0.1, -0.05) is 12.1 Å². The zero-order chi connectivity index (χ0) is 13.0. The Bertz CT molecular complexity index is 506. The first kappa shape index (κ1) is 12.9. The third-order valence-corrected chi connectivity index (χ3v) is 3.16. The Hall–Kier alpha value is -1.50. The van der Waals surface area contributed by atoms with E-state index in [9.17, 15) is 4.79 Å². The predicted octanol–water partition coefficient (Wildman–Crippen LogP) is 1.41. The Balaban J connectivity index is 1.85. The summed E-state index contributed by atoms with van der Waals surface area (Å²) in [6.07, 6.45) is 0. The lowest BCUT2D eigenvalue weighted by Crippen LogP contribution is -2.38. The molecule has 0 aliphatic heterocycles. The van der Waals surface area contributed by atoms with Crippen molar-refractivity contribution < 1.29 is 9.53 Å². The number of hydrazine groups is 1. The predicted molar refractivity (Wildman–Crippen MR) is 71.1 cm³/mol. The van der Waals surface area contributed by atoms with Gasteiger partial charge in [-0.3, -0.25) is 10.2 Å². The van der Waals surface area contributed by atoms with Gasteiger partial charge >= 0.3 is 0 Å². The Kier molecular flexibility index (Phi) is 4.24. The van der Waals surface area contributed by atoms with Crippen molar-refractivity contribution in [3.05, 3.63) is 29.3 Å². The molecular formula is C12H15N3O2S. The van der Waals surface area contributed by atoms with Gasteiger partial charge in [0.15, 0.2) is 0 Å². The fraction of sp³-hybridized carbons (Fsp3) is 0.333. The standard InChI is InChI=1S/C12H15N3O2S/c1-15(2)14-11(16)7-17-8-12-13-9-5-3-4-6-10(9)18-12/h3-6H,7-8H2,1-2H3,(H,14,16). The van der Waals surface area contributed by atoms with E-state index in [2.05, 4.69) is 10.4 Å². The third-order valence-electron chi connectivity index (χ3n) is 2.15. The minimum atomic E-state index is -0.166. The van der Waals surface area contributed by atoms with Crippen LogP contribution in [0.4, 0.5) is 0 Å². The van der Waals surface area contributed by atoms with Crippen LogP contribution in [0, 0.1) is 0 Å². The van der Waals surface area contributed by atoms with Crippen LogP contribution >= 0.6 is 11.3 Å². The summed E-state index contributed by atoms with van der Waals surface area (Å²) in [7, 11) is 3.51. The highest BCUT2D eigenvalue weighted by atomic mass is 32.1. The number of aromatic nitrogens is 1. The minimum Gasteiger partial charge on any atom is -0.364 e. The molecule has 0 bridgehead atoms. The maximum absolute atomic E-state index is 11.3. The normalized spacial score (nSPS) is 11.1. The van der Waals surface area contributed by atoms with E-state index in [-0.39, 0.29) is 12.5 Å². The average molecular weight is 265 g/mol. The topological polar surface area (TPSA) is 54.5 Å². The summed E-state index contributed by atoms with van der Waals surface area (Å²) in [5.41, 5.74) is 3.58. The van der Waals surface area contributed by atoms with Crippen molar-refractivity contribution in [3.8, 4) is 0 Å². The van der Waals surface area contributed by atoms with Crippen LogP contribution in [-0.2, 0) is 16.1 Å². The minimum absolute atomic E-state index is 0.0358. The lowest BCUT2D eigenvalue weighted by molar-refractivity contribution is -0.129. The molecule has 1 heterocycles. The van der Waals surface area contributed by atoms with E-state index in [0.717, 1.165) is 15.2 Å². The van der Waals surface area contributed by atoms with Crippen molar-refractivity contribution in [2.75, 3.05) is 20.7 Å². The van der Waals surface area contributed by atoms with E-state index in [4.69, 9.17) is 4.74 Å². The molecule has 96 valence electrons. The Morgan fingerprint density at radius 3 is 2.94 bits per heavy atom. The Morgan fingerprint density at radius 1 is 1.44 bits per heavy atom. The maximum atomic E-state index is 11.3. The lowest BCUT2D eigenvalue weighted by atomic mass is 10.3. The van der Waals surface area contributed by atoms with Gasteiger partial charge in [0.25, 0.3) is 5.91 Å². The molecule has 0 saturated carbocycles. The van der Waals surface area contributed by atoms with Gasteiger partial charge in [0.1, 0.15) is 11.6 Å². The monoisotopic (exact) mass is 265 g/mol. The number of rotatable bonds is 5. The van der Waals surface area contributed by atoms with E-state index in [0.29, 0.717) is 6.61 Å². The summed E-state index contributed by atoms with van der Waals surface area (Å²) < 4.78 is 6.45. The molecule has 0 spiro atoms. The summed E-state index contributed by atoms with van der Waals surface area (Å²) in [6, 6.07) is 7.93. The van der Waals surface area contributed by atoms with Gasteiger partial charge in [-0.05, 0) is 12.1 Å². The van der Waals surface area contributed by atoms with Crippen molar-refractivity contribution in [1.29, 1.82) is 0 Å². The average Bonchev–Trinajstić information content (AvgIpc) is 2.70. The summed E-state index contributed by atoms with van der Waals surface area (Å²) in [5.74, 6) is -0.166. The van der Waals surface area contributed by atoms with Crippen LogP contribution in [0.15, 0.2) is 24.3 Å². The SMILES string of the molecule is CN(C)NC(=O)COCc1nc2ccccc2s1. The van der Waals surface area contributed by atoms with Crippen molar-refractivity contribution in [3.63, 3.8) is 0 Å². The lowest BCUT2D eigenvalue weighted by Gasteiger charge is -2.11. The molecule has 1 aromatic carbocycles. The molecule has 0 unspecified atom stereocenters. The van der Waals surface area contributed by atoms with Crippen molar-refractivity contribution in [2.24, 2.45) is 0 Å². The molecule has 0 saturated heterocycles. The summed E-state index contributed by atoms with van der Waals surface area (Å²) in [4.78, 5) is 15.7. The maximum Gasteiger partial charge on any atom is 0.260 e. The van der Waals surface area contributed by atoms with Gasteiger partial charge in [0.05, 0.1) is 16.8 Å². The van der Waals surface area contributed by atoms with Crippen LogP contribution in [0.25, 0.3) is 10.2 Å². The van der Waals surface area contributed by atoms with Gasteiger partial charge in [0, 0.05) is 14.1 Å². The molecule has 5 nitrogen and oxygen atoms in total.